The van der Waals surface area contributed by atoms with Gasteiger partial charge in [-0.2, -0.15) is 0 Å². The smallest absolute Gasteiger partial charge is 0.237 e. The number of carbonyl (C=O) groups excluding carboxylic acids is 1. The summed E-state index contributed by atoms with van der Waals surface area (Å²) < 4.78 is 5.24. The molecule has 2 aliphatic heterocycles. The first-order valence-electron chi connectivity index (χ1n) is 6.10. The highest BCUT2D eigenvalue weighted by molar-refractivity contribution is 5.81. The van der Waals surface area contributed by atoms with Crippen LogP contribution in [0.5, 0.6) is 0 Å². The van der Waals surface area contributed by atoms with E-state index in [0.717, 1.165) is 39.2 Å². The Morgan fingerprint density at radius 3 is 2.88 bits per heavy atom. The molecule has 0 spiro atoms. The Kier molecular flexibility index (Phi) is 4.15. The number of rotatable bonds is 3. The van der Waals surface area contributed by atoms with Gasteiger partial charge in [-0.3, -0.25) is 9.69 Å². The van der Waals surface area contributed by atoms with Crippen molar-refractivity contribution in [2.75, 3.05) is 39.4 Å². The zero-order valence-electron chi connectivity index (χ0n) is 9.87. The van der Waals surface area contributed by atoms with E-state index in [9.17, 15) is 4.79 Å². The van der Waals surface area contributed by atoms with E-state index in [-0.39, 0.29) is 18.0 Å². The number of nitrogens with one attached hydrogen (secondary N) is 2. The van der Waals surface area contributed by atoms with E-state index in [1.807, 2.05) is 6.92 Å². The molecular weight excluding hydrogens is 206 g/mol. The van der Waals surface area contributed by atoms with Gasteiger partial charge >= 0.3 is 0 Å². The predicted octanol–water partition coefficient (Wildman–Crippen LogP) is -0.815. The van der Waals surface area contributed by atoms with Crippen molar-refractivity contribution in [3.05, 3.63) is 0 Å². The van der Waals surface area contributed by atoms with Crippen LogP contribution in [0.3, 0.4) is 0 Å². The van der Waals surface area contributed by atoms with Gasteiger partial charge < -0.3 is 15.4 Å². The van der Waals surface area contributed by atoms with Crippen LogP contribution in [0.4, 0.5) is 0 Å². The molecule has 0 aromatic carbocycles. The number of hydrogen-bond donors (Lipinski definition) is 2. The average molecular weight is 227 g/mol. The molecule has 0 radical (unpaired) electrons. The second-order valence-electron chi connectivity index (χ2n) is 4.53. The van der Waals surface area contributed by atoms with Crippen molar-refractivity contribution in [3.63, 3.8) is 0 Å². The van der Waals surface area contributed by atoms with Gasteiger partial charge in [0.1, 0.15) is 0 Å². The molecule has 2 N–H and O–H groups in total. The summed E-state index contributed by atoms with van der Waals surface area (Å²) in [4.78, 5) is 14.2. The summed E-state index contributed by atoms with van der Waals surface area (Å²) in [5.74, 6) is 0.136. The largest absolute Gasteiger partial charge is 0.379 e. The lowest BCUT2D eigenvalue weighted by Gasteiger charge is -2.32. The molecule has 0 saturated carbocycles. The quantitative estimate of drug-likeness (QED) is 0.662. The molecule has 2 rings (SSSR count). The minimum absolute atomic E-state index is 0.0253. The van der Waals surface area contributed by atoms with E-state index in [4.69, 9.17) is 4.74 Å². The Morgan fingerprint density at radius 1 is 1.50 bits per heavy atom. The Labute approximate surface area is 96.5 Å². The monoisotopic (exact) mass is 227 g/mol. The van der Waals surface area contributed by atoms with E-state index in [1.165, 1.54) is 0 Å². The molecule has 2 saturated heterocycles. The fourth-order valence-corrected chi connectivity index (χ4v) is 2.21. The number of hydrogen-bond acceptors (Lipinski definition) is 4. The Balaban J connectivity index is 1.78. The highest BCUT2D eigenvalue weighted by atomic mass is 16.5. The number of nitrogens with zero attached hydrogens (tertiary/aromatic N) is 1. The molecule has 92 valence electrons. The van der Waals surface area contributed by atoms with Crippen molar-refractivity contribution in [3.8, 4) is 0 Å². The van der Waals surface area contributed by atoms with Crippen molar-refractivity contribution in [2.24, 2.45) is 0 Å². The van der Waals surface area contributed by atoms with Crippen LogP contribution in [-0.4, -0.2) is 62.3 Å². The summed E-state index contributed by atoms with van der Waals surface area (Å²) in [5.41, 5.74) is 0. The zero-order chi connectivity index (χ0) is 11.4. The second-order valence-corrected chi connectivity index (χ2v) is 4.53. The summed E-state index contributed by atoms with van der Waals surface area (Å²) >= 11 is 0. The molecule has 2 fully saturated rings. The third-order valence-electron chi connectivity index (χ3n) is 3.35. The maximum Gasteiger partial charge on any atom is 0.237 e. The molecule has 16 heavy (non-hydrogen) atoms. The molecule has 5 nitrogen and oxygen atoms in total. The summed E-state index contributed by atoms with van der Waals surface area (Å²) in [6.07, 6.45) is 0.944. The van der Waals surface area contributed by atoms with Gasteiger partial charge in [0.25, 0.3) is 0 Å². The Bertz CT molecular complexity index is 235. The molecule has 2 atom stereocenters. The lowest BCUT2D eigenvalue weighted by molar-refractivity contribution is -0.126. The highest BCUT2D eigenvalue weighted by Gasteiger charge is 2.25. The summed E-state index contributed by atoms with van der Waals surface area (Å²) in [7, 11) is 0. The SMILES string of the molecule is CC(C(=O)NC1CCOC1)N1CCNCC1. The average Bonchev–Trinajstić information content (AvgIpc) is 2.82. The Hall–Kier alpha value is -0.650. The fraction of sp³-hybridized carbons (Fsp3) is 0.909. The van der Waals surface area contributed by atoms with Gasteiger partial charge in [-0.05, 0) is 13.3 Å². The summed E-state index contributed by atoms with van der Waals surface area (Å²) in [5, 5.41) is 6.34. The van der Waals surface area contributed by atoms with Crippen LogP contribution < -0.4 is 10.6 Å². The molecule has 2 heterocycles. The van der Waals surface area contributed by atoms with Crippen LogP contribution in [0, 0.1) is 0 Å². The van der Waals surface area contributed by atoms with Crippen molar-refractivity contribution in [1.29, 1.82) is 0 Å². The number of ether oxygens (including phenoxy) is 1. The van der Waals surface area contributed by atoms with Crippen molar-refractivity contribution in [1.82, 2.24) is 15.5 Å². The van der Waals surface area contributed by atoms with E-state index < -0.39 is 0 Å². The van der Waals surface area contributed by atoms with Crippen LogP contribution in [0.15, 0.2) is 0 Å². The summed E-state index contributed by atoms with van der Waals surface area (Å²) in [6, 6.07) is 0.195. The molecule has 0 bridgehead atoms. The number of piperazine rings is 1. The third-order valence-corrected chi connectivity index (χ3v) is 3.35. The van der Waals surface area contributed by atoms with Crippen LogP contribution in [0.25, 0.3) is 0 Å². The molecule has 0 aromatic rings. The van der Waals surface area contributed by atoms with Gasteiger partial charge in [-0.15, -0.1) is 0 Å². The van der Waals surface area contributed by atoms with E-state index >= 15 is 0 Å². The minimum atomic E-state index is -0.0253. The highest BCUT2D eigenvalue weighted by Crippen LogP contribution is 2.06. The van der Waals surface area contributed by atoms with Crippen molar-refractivity contribution < 1.29 is 9.53 Å². The van der Waals surface area contributed by atoms with E-state index in [2.05, 4.69) is 15.5 Å². The van der Waals surface area contributed by atoms with Gasteiger partial charge in [-0.1, -0.05) is 0 Å². The second kappa shape index (κ2) is 5.61. The maximum absolute atomic E-state index is 12.0. The third kappa shape index (κ3) is 2.93. The standard InChI is InChI=1S/C11H21N3O2/c1-9(14-5-3-12-4-6-14)11(15)13-10-2-7-16-8-10/h9-10,12H,2-8H2,1H3,(H,13,15). The van der Waals surface area contributed by atoms with E-state index in [1.54, 1.807) is 0 Å². The topological polar surface area (TPSA) is 53.6 Å². The van der Waals surface area contributed by atoms with Crippen LogP contribution in [-0.2, 0) is 9.53 Å². The van der Waals surface area contributed by atoms with Gasteiger partial charge in [0, 0.05) is 32.8 Å². The number of amides is 1. The van der Waals surface area contributed by atoms with Gasteiger partial charge in [0.15, 0.2) is 0 Å². The lowest BCUT2D eigenvalue weighted by Crippen LogP contribution is -2.54. The normalized spacial score (nSPS) is 28.9. The lowest BCUT2D eigenvalue weighted by atomic mass is 10.2. The molecule has 2 aliphatic rings. The molecule has 0 aromatic heterocycles. The maximum atomic E-state index is 12.0. The van der Waals surface area contributed by atoms with Crippen molar-refractivity contribution >= 4 is 5.91 Å². The van der Waals surface area contributed by atoms with E-state index in [0.29, 0.717) is 6.61 Å². The van der Waals surface area contributed by atoms with Gasteiger partial charge in [-0.25, -0.2) is 0 Å². The zero-order valence-corrected chi connectivity index (χ0v) is 9.87. The molecule has 0 aliphatic carbocycles. The predicted molar refractivity (Wildman–Crippen MR) is 61.3 cm³/mol. The number of carbonyl (C=O) groups is 1. The summed E-state index contributed by atoms with van der Waals surface area (Å²) in [6.45, 7) is 7.28. The van der Waals surface area contributed by atoms with Gasteiger partial charge in [0.2, 0.25) is 5.91 Å². The molecular formula is C11H21N3O2. The molecule has 2 unspecified atom stereocenters. The first-order chi connectivity index (χ1) is 7.77. The first kappa shape index (κ1) is 11.8. The van der Waals surface area contributed by atoms with Crippen LogP contribution in [0.1, 0.15) is 13.3 Å². The van der Waals surface area contributed by atoms with Gasteiger partial charge in [0.05, 0.1) is 18.7 Å². The Morgan fingerprint density at radius 2 is 2.25 bits per heavy atom. The molecule has 5 heteroatoms. The first-order valence-corrected chi connectivity index (χ1v) is 6.10. The minimum Gasteiger partial charge on any atom is -0.379 e. The van der Waals surface area contributed by atoms with Crippen LogP contribution >= 0.6 is 0 Å². The van der Waals surface area contributed by atoms with Crippen molar-refractivity contribution in [2.45, 2.75) is 25.4 Å². The van der Waals surface area contributed by atoms with Crippen LogP contribution in [0.2, 0.25) is 0 Å². The fourth-order valence-electron chi connectivity index (χ4n) is 2.21. The molecule has 1 amide bonds.